The summed E-state index contributed by atoms with van der Waals surface area (Å²) in [4.78, 5) is 0. The van der Waals surface area contributed by atoms with E-state index in [0.29, 0.717) is 0 Å². The van der Waals surface area contributed by atoms with Gasteiger partial charge >= 0.3 is 51.2 Å². The molecule has 0 saturated carbocycles. The van der Waals surface area contributed by atoms with E-state index in [0.717, 1.165) is 0 Å². The summed E-state index contributed by atoms with van der Waals surface area (Å²) in [7, 11) is 0. The Kier molecular flexibility index (Phi) is 792. The zero-order valence-corrected chi connectivity index (χ0v) is 12.5. The quantitative estimate of drug-likeness (QED) is 0.443. The first-order valence-corrected chi connectivity index (χ1v) is 0. The molecule has 0 unspecified atom stereocenters. The average molecular weight is 385 g/mol. The third-order valence-corrected chi connectivity index (χ3v) is 0. The topological polar surface area (TPSA) is 0 Å². The van der Waals surface area contributed by atoms with Gasteiger partial charge in [-0.25, -0.2) is 0 Å². The van der Waals surface area contributed by atoms with Crippen molar-refractivity contribution in [3.8, 4) is 0 Å². The van der Waals surface area contributed by atoms with Crippen LogP contribution in [0.4, 0.5) is 0 Å². The molecule has 8 heteroatoms. The molecule has 0 aromatic rings. The summed E-state index contributed by atoms with van der Waals surface area (Å²) in [5, 5.41) is 0. The molecule has 8 heavy (non-hydrogen) atoms. The van der Waals surface area contributed by atoms with E-state index in [4.69, 9.17) is 0 Å². The molecule has 0 amide bonds. The van der Waals surface area contributed by atoms with Gasteiger partial charge in [0.25, 0.3) is 0 Å². The van der Waals surface area contributed by atoms with Gasteiger partial charge in [0, 0.05) is 21.1 Å². The third kappa shape index (κ3) is 50.9. The molecule has 0 bridgehead atoms. The first-order chi connectivity index (χ1) is 0. The third-order valence-electron chi connectivity index (χ3n) is 0. The van der Waals surface area contributed by atoms with Gasteiger partial charge in [0.15, 0.2) is 0 Å². The number of hydrogen-bond acceptors (Lipinski definition) is 0. The molecule has 0 fully saturated rings. The molecule has 53 valence electrons. The van der Waals surface area contributed by atoms with Crippen LogP contribution in [-0.4, -0.2) is 0 Å². The van der Waals surface area contributed by atoms with Crippen LogP contribution in [-0.2, 0) is 72.3 Å². The van der Waals surface area contributed by atoms with Crippen molar-refractivity contribution < 1.29 is 72.3 Å². The minimum absolute atomic E-state index is 0. The van der Waals surface area contributed by atoms with Gasteiger partial charge in [-0.2, -0.15) is 0 Å². The van der Waals surface area contributed by atoms with Crippen molar-refractivity contribution in [2.24, 2.45) is 0 Å². The van der Waals surface area contributed by atoms with Crippen molar-refractivity contribution in [2.75, 3.05) is 0 Å². The van der Waals surface area contributed by atoms with Gasteiger partial charge < -0.3 is 39.6 Å². The molecule has 0 spiro atoms. The summed E-state index contributed by atoms with van der Waals surface area (Å²) >= 11 is 0. The van der Waals surface area contributed by atoms with E-state index in [1.54, 1.807) is 0 Å². The molecule has 0 saturated heterocycles. The van der Waals surface area contributed by atoms with Crippen LogP contribution in [0, 0.1) is 0 Å². The maximum absolute atomic E-state index is 0. The summed E-state index contributed by atoms with van der Waals surface area (Å²) < 4.78 is 0. The largest absolute Gasteiger partial charge is 3.00 e. The van der Waals surface area contributed by atoms with Crippen molar-refractivity contribution in [1.82, 2.24) is 0 Å². The monoisotopic (exact) mass is 387 g/mol. The maximum Gasteiger partial charge on any atom is 2.00 e. The van der Waals surface area contributed by atoms with Gasteiger partial charge in [0.05, 0.1) is 0 Å². The zero-order chi connectivity index (χ0) is 0. The van der Waals surface area contributed by atoms with Gasteiger partial charge in [-0.05, 0) is 0 Å². The van der Waals surface area contributed by atoms with Crippen LogP contribution >= 0.6 is 39.6 Å². The summed E-state index contributed by atoms with van der Waals surface area (Å²) in [5.74, 6) is 0. The van der Waals surface area contributed by atoms with Gasteiger partial charge in [-0.15, -0.1) is 0 Å². The maximum atomic E-state index is 0. The number of rotatable bonds is 0. The Bertz CT molecular complexity index is 11.2. The first kappa shape index (κ1) is 91.5. The van der Waals surface area contributed by atoms with Crippen molar-refractivity contribution in [2.45, 2.75) is 0 Å². The predicted octanol–water partition coefficient (Wildman–Crippen LogP) is 3.43. The SMILES string of the molecule is [Mn+2].[Mn+2].[Mn+2].[Mo].[P-3].[P-3].[P-3].[P-3]. The normalized spacial score (nSPS) is 0. The molecule has 0 rings (SSSR count). The van der Waals surface area contributed by atoms with E-state index in [1.807, 2.05) is 0 Å². The molecule has 0 N–H and O–H groups in total. The molecule has 0 aromatic carbocycles. The van der Waals surface area contributed by atoms with Crippen molar-refractivity contribution in [3.05, 3.63) is 0 Å². The standard InChI is InChI=1S/3Mn.Mo.4P/q3*+2;;4*-3. The molecule has 0 aliphatic rings. The summed E-state index contributed by atoms with van der Waals surface area (Å²) in [6, 6.07) is 0. The van der Waals surface area contributed by atoms with Crippen LogP contribution in [0.5, 0.6) is 0 Å². The van der Waals surface area contributed by atoms with E-state index in [-0.39, 0.29) is 112 Å². The van der Waals surface area contributed by atoms with Crippen LogP contribution in [0.2, 0.25) is 0 Å². The Morgan fingerprint density at radius 2 is 0.375 bits per heavy atom. The van der Waals surface area contributed by atoms with Crippen LogP contribution in [0.1, 0.15) is 0 Å². The Morgan fingerprint density at radius 3 is 0.375 bits per heavy atom. The predicted molar refractivity (Wildman–Crippen MR) is 27.7 cm³/mol. The van der Waals surface area contributed by atoms with Crippen molar-refractivity contribution in [3.63, 3.8) is 0 Å². The van der Waals surface area contributed by atoms with E-state index >= 15 is 0 Å². The van der Waals surface area contributed by atoms with E-state index < -0.39 is 0 Å². The van der Waals surface area contributed by atoms with Gasteiger partial charge in [0.1, 0.15) is 0 Å². The molecule has 0 aliphatic heterocycles. The van der Waals surface area contributed by atoms with Crippen molar-refractivity contribution in [1.29, 1.82) is 0 Å². The summed E-state index contributed by atoms with van der Waals surface area (Å²) in [5.41, 5.74) is 0. The molecule has 0 nitrogen and oxygen atoms in total. The molecule has 0 heterocycles. The Hall–Kier alpha value is 3.97. The molecular formula is Mn3MoP4-6. The fraction of sp³-hybridized carbons (Fsp3) is 0. The van der Waals surface area contributed by atoms with Crippen molar-refractivity contribution >= 4 is 39.6 Å². The van der Waals surface area contributed by atoms with E-state index in [1.165, 1.54) is 0 Å². The summed E-state index contributed by atoms with van der Waals surface area (Å²) in [6.45, 7) is 0. The van der Waals surface area contributed by atoms with Crippen LogP contribution in [0.3, 0.4) is 0 Å². The second-order valence-corrected chi connectivity index (χ2v) is 0. The summed E-state index contributed by atoms with van der Waals surface area (Å²) in [6.07, 6.45) is 0. The van der Waals surface area contributed by atoms with Crippen LogP contribution in [0.15, 0.2) is 0 Å². The smallest absolute Gasteiger partial charge is 2.00 e. The van der Waals surface area contributed by atoms with Crippen LogP contribution in [0.25, 0.3) is 0 Å². The Morgan fingerprint density at radius 1 is 0.375 bits per heavy atom. The van der Waals surface area contributed by atoms with E-state index in [2.05, 4.69) is 0 Å². The minimum atomic E-state index is 0. The van der Waals surface area contributed by atoms with E-state index in [9.17, 15) is 0 Å². The van der Waals surface area contributed by atoms with Gasteiger partial charge in [0.2, 0.25) is 0 Å². The fourth-order valence-electron chi connectivity index (χ4n) is 0. The van der Waals surface area contributed by atoms with Gasteiger partial charge in [-0.1, -0.05) is 0 Å². The molecular weight excluding hydrogens is 385 g/mol. The van der Waals surface area contributed by atoms with Crippen LogP contribution < -0.4 is 0 Å². The molecule has 0 atom stereocenters. The Labute approximate surface area is 111 Å². The first-order valence-electron chi connectivity index (χ1n) is 0. The second kappa shape index (κ2) is 69.2. The zero-order valence-electron chi connectivity index (χ0n) is 3.33. The second-order valence-electron chi connectivity index (χ2n) is 0. The fourth-order valence-corrected chi connectivity index (χ4v) is 0. The average Bonchev–Trinajstić information content (AvgIpc) is 0. The number of hydrogen-bond donors (Lipinski definition) is 0. The molecule has 3 radical (unpaired) electrons. The molecule has 0 aliphatic carbocycles. The van der Waals surface area contributed by atoms with Gasteiger partial charge in [-0.3, -0.25) is 0 Å². The Balaban J connectivity index is 0. The molecule has 0 aromatic heterocycles. The minimum Gasteiger partial charge on any atom is -3.00 e.